The smallest absolute Gasteiger partial charge is 0.292 e. The average molecular weight is 305 g/mol. The summed E-state index contributed by atoms with van der Waals surface area (Å²) in [5.41, 5.74) is 1.07. The summed E-state index contributed by atoms with van der Waals surface area (Å²) in [5.74, 6) is 0. The van der Waals surface area contributed by atoms with Crippen LogP contribution in [0, 0.1) is 0 Å². The van der Waals surface area contributed by atoms with E-state index in [1.54, 1.807) is 12.1 Å². The number of rotatable bonds is 3. The number of thiophene rings is 1. The standard InChI is InChI=1S/C13H9ClN4OS/c14-8-4-1-2-5-9(8)15-17-12-11(16-18-13(12)19)10-6-3-7-20-10/h1-7H,(H2,16,18,19). The zero-order valence-electron chi connectivity index (χ0n) is 10.1. The van der Waals surface area contributed by atoms with Crippen LogP contribution in [-0.4, -0.2) is 10.2 Å². The van der Waals surface area contributed by atoms with Crippen molar-refractivity contribution in [2.75, 3.05) is 0 Å². The van der Waals surface area contributed by atoms with Crippen LogP contribution in [0.3, 0.4) is 0 Å². The summed E-state index contributed by atoms with van der Waals surface area (Å²) < 4.78 is 0. The SMILES string of the molecule is O=c1[nH][nH]c(-c2cccs2)c1N=Nc1ccccc1Cl. The van der Waals surface area contributed by atoms with Crippen LogP contribution in [0.15, 0.2) is 56.8 Å². The number of hydrogen-bond donors (Lipinski definition) is 2. The van der Waals surface area contributed by atoms with E-state index in [9.17, 15) is 4.79 Å². The van der Waals surface area contributed by atoms with Gasteiger partial charge in [0, 0.05) is 0 Å². The largest absolute Gasteiger partial charge is 0.294 e. The van der Waals surface area contributed by atoms with Gasteiger partial charge in [0.05, 0.1) is 9.90 Å². The van der Waals surface area contributed by atoms with Crippen LogP contribution in [0.1, 0.15) is 0 Å². The Balaban J connectivity index is 2.02. The molecule has 0 unspecified atom stereocenters. The van der Waals surface area contributed by atoms with Gasteiger partial charge in [0.2, 0.25) is 0 Å². The lowest BCUT2D eigenvalue weighted by Gasteiger charge is -1.95. The van der Waals surface area contributed by atoms with Crippen molar-refractivity contribution < 1.29 is 0 Å². The molecule has 5 nitrogen and oxygen atoms in total. The van der Waals surface area contributed by atoms with E-state index in [1.165, 1.54) is 11.3 Å². The van der Waals surface area contributed by atoms with E-state index in [2.05, 4.69) is 20.4 Å². The summed E-state index contributed by atoms with van der Waals surface area (Å²) in [6, 6.07) is 10.9. The Morgan fingerprint density at radius 2 is 1.90 bits per heavy atom. The minimum Gasteiger partial charge on any atom is -0.294 e. The van der Waals surface area contributed by atoms with Crippen molar-refractivity contribution in [3.8, 4) is 10.6 Å². The van der Waals surface area contributed by atoms with Gasteiger partial charge in [-0.15, -0.1) is 21.6 Å². The Hall–Kier alpha value is -2.18. The molecule has 0 aliphatic carbocycles. The normalized spacial score (nSPS) is 11.2. The second kappa shape index (κ2) is 5.44. The van der Waals surface area contributed by atoms with E-state index in [0.29, 0.717) is 16.4 Å². The Kier molecular flexibility index (Phi) is 3.49. The maximum Gasteiger partial charge on any atom is 0.292 e. The lowest BCUT2D eigenvalue weighted by Crippen LogP contribution is -1.96. The van der Waals surface area contributed by atoms with Gasteiger partial charge < -0.3 is 0 Å². The minimum absolute atomic E-state index is 0.243. The second-order valence-corrected chi connectivity index (χ2v) is 5.29. The van der Waals surface area contributed by atoms with Crippen molar-refractivity contribution in [1.29, 1.82) is 0 Å². The van der Waals surface area contributed by atoms with E-state index in [4.69, 9.17) is 11.6 Å². The summed E-state index contributed by atoms with van der Waals surface area (Å²) in [6.07, 6.45) is 0. The molecule has 0 aliphatic rings. The number of benzene rings is 1. The number of hydrogen-bond acceptors (Lipinski definition) is 4. The molecular formula is C13H9ClN4OS. The lowest BCUT2D eigenvalue weighted by molar-refractivity contribution is 1.06. The molecule has 0 saturated heterocycles. The summed E-state index contributed by atoms with van der Waals surface area (Å²) in [5, 5.41) is 15.8. The van der Waals surface area contributed by atoms with Gasteiger partial charge in [-0.1, -0.05) is 29.8 Å². The highest BCUT2D eigenvalue weighted by atomic mass is 35.5. The molecule has 20 heavy (non-hydrogen) atoms. The van der Waals surface area contributed by atoms with Crippen LogP contribution in [0.5, 0.6) is 0 Å². The molecule has 0 atom stereocenters. The van der Waals surface area contributed by atoms with E-state index < -0.39 is 0 Å². The summed E-state index contributed by atoms with van der Waals surface area (Å²) >= 11 is 7.51. The molecule has 0 amide bonds. The van der Waals surface area contributed by atoms with Crippen LogP contribution in [0.25, 0.3) is 10.6 Å². The summed E-state index contributed by atoms with van der Waals surface area (Å²) in [7, 11) is 0. The number of aromatic nitrogens is 2. The number of aromatic amines is 2. The highest BCUT2D eigenvalue weighted by Gasteiger charge is 2.12. The van der Waals surface area contributed by atoms with Gasteiger partial charge in [-0.3, -0.25) is 15.0 Å². The molecule has 0 aliphatic heterocycles. The monoisotopic (exact) mass is 304 g/mol. The molecule has 3 aromatic rings. The zero-order chi connectivity index (χ0) is 13.9. The van der Waals surface area contributed by atoms with Gasteiger partial charge >= 0.3 is 0 Å². The third kappa shape index (κ3) is 2.43. The van der Waals surface area contributed by atoms with Gasteiger partial charge in [-0.25, -0.2) is 0 Å². The van der Waals surface area contributed by atoms with Crippen LogP contribution >= 0.6 is 22.9 Å². The molecule has 2 aromatic heterocycles. The Morgan fingerprint density at radius 3 is 2.65 bits per heavy atom. The summed E-state index contributed by atoms with van der Waals surface area (Å²) in [6.45, 7) is 0. The van der Waals surface area contributed by atoms with E-state index in [0.717, 1.165) is 4.88 Å². The maximum absolute atomic E-state index is 11.8. The van der Waals surface area contributed by atoms with Crippen LogP contribution in [-0.2, 0) is 0 Å². The van der Waals surface area contributed by atoms with Gasteiger partial charge in [0.15, 0.2) is 5.69 Å². The highest BCUT2D eigenvalue weighted by Crippen LogP contribution is 2.31. The van der Waals surface area contributed by atoms with Crippen LogP contribution in [0.4, 0.5) is 11.4 Å². The first-order valence-corrected chi connectivity index (χ1v) is 7.02. The quantitative estimate of drug-likeness (QED) is 0.687. The molecule has 100 valence electrons. The minimum atomic E-state index is -0.316. The fourth-order valence-electron chi connectivity index (χ4n) is 1.68. The third-order valence-electron chi connectivity index (χ3n) is 2.63. The Morgan fingerprint density at radius 1 is 1.05 bits per heavy atom. The average Bonchev–Trinajstić information content (AvgIpc) is 3.08. The van der Waals surface area contributed by atoms with Crippen LogP contribution in [0.2, 0.25) is 5.02 Å². The van der Waals surface area contributed by atoms with Crippen molar-refractivity contribution in [2.24, 2.45) is 10.2 Å². The number of halogens is 1. The van der Waals surface area contributed by atoms with Crippen molar-refractivity contribution in [3.05, 3.63) is 57.2 Å². The number of nitrogens with zero attached hydrogens (tertiary/aromatic N) is 2. The van der Waals surface area contributed by atoms with Crippen molar-refractivity contribution in [3.63, 3.8) is 0 Å². The topological polar surface area (TPSA) is 73.4 Å². The van der Waals surface area contributed by atoms with Gasteiger partial charge in [0.25, 0.3) is 5.56 Å². The molecule has 0 saturated carbocycles. The van der Waals surface area contributed by atoms with Crippen molar-refractivity contribution in [2.45, 2.75) is 0 Å². The van der Waals surface area contributed by atoms with Gasteiger partial charge in [-0.05, 0) is 23.6 Å². The first-order valence-electron chi connectivity index (χ1n) is 5.76. The first-order chi connectivity index (χ1) is 9.75. The molecule has 0 radical (unpaired) electrons. The van der Waals surface area contributed by atoms with E-state index in [-0.39, 0.29) is 11.2 Å². The maximum atomic E-state index is 11.8. The predicted molar refractivity (Wildman–Crippen MR) is 80.4 cm³/mol. The lowest BCUT2D eigenvalue weighted by atomic mass is 10.3. The molecule has 0 bridgehead atoms. The predicted octanol–water partition coefficient (Wildman–Crippen LogP) is 4.50. The summed E-state index contributed by atoms with van der Waals surface area (Å²) in [4.78, 5) is 12.7. The van der Waals surface area contributed by atoms with Crippen molar-refractivity contribution in [1.82, 2.24) is 10.2 Å². The molecule has 0 spiro atoms. The van der Waals surface area contributed by atoms with Gasteiger partial charge in [0.1, 0.15) is 11.4 Å². The van der Waals surface area contributed by atoms with Gasteiger partial charge in [-0.2, -0.15) is 0 Å². The van der Waals surface area contributed by atoms with E-state index in [1.807, 2.05) is 29.6 Å². The second-order valence-electron chi connectivity index (χ2n) is 3.93. The molecule has 7 heteroatoms. The molecular weight excluding hydrogens is 296 g/mol. The molecule has 3 rings (SSSR count). The first kappa shape index (κ1) is 12.8. The molecule has 2 heterocycles. The number of H-pyrrole nitrogens is 2. The van der Waals surface area contributed by atoms with Crippen molar-refractivity contribution >= 4 is 34.3 Å². The fourth-order valence-corrected chi connectivity index (χ4v) is 2.58. The Bertz CT molecular complexity index is 804. The molecule has 0 fully saturated rings. The molecule has 2 N–H and O–H groups in total. The number of nitrogens with one attached hydrogen (secondary N) is 2. The number of azo groups is 1. The fraction of sp³-hybridized carbons (Fsp3) is 0. The Labute approximate surface area is 122 Å². The van der Waals surface area contributed by atoms with E-state index >= 15 is 0 Å². The highest BCUT2D eigenvalue weighted by molar-refractivity contribution is 7.13. The third-order valence-corrected chi connectivity index (χ3v) is 3.84. The zero-order valence-corrected chi connectivity index (χ0v) is 11.7. The van der Waals surface area contributed by atoms with Crippen LogP contribution < -0.4 is 5.56 Å². The molecule has 1 aromatic carbocycles.